The average molecular weight is 896 g/mol. The fourth-order valence-corrected chi connectivity index (χ4v) is 7.69. The zero-order chi connectivity index (χ0) is 47.0. The number of nitrogens with two attached hydrogens (primary N) is 1. The quantitative estimate of drug-likeness (QED) is 0.0457. The SMILES string of the molecule is CC(C)C[C@H](NC(=O)[C@H](Cc1c[nH]cn1)NC(=O)[C@H](Cc1ccccc1)NC(=O)[C@H](Cc1c[nH]c2ccccc12)NC(=O)[C@H](Cc1ccccc1)NC(=O)[C@@H](N)Cc1ccccc1)C(=O)O. The normalized spacial score (nSPS) is 13.9. The third-order valence-electron chi connectivity index (χ3n) is 11.1. The van der Waals surface area contributed by atoms with Gasteiger partial charge >= 0.3 is 5.97 Å². The van der Waals surface area contributed by atoms with Crippen molar-refractivity contribution in [2.75, 3.05) is 0 Å². The van der Waals surface area contributed by atoms with Crippen molar-refractivity contribution in [3.05, 3.63) is 162 Å². The molecule has 16 nitrogen and oxygen atoms in total. The third-order valence-corrected chi connectivity index (χ3v) is 11.1. The van der Waals surface area contributed by atoms with Gasteiger partial charge in [-0.05, 0) is 47.1 Å². The molecule has 0 saturated carbocycles. The molecular formula is C50H57N9O7. The van der Waals surface area contributed by atoms with Gasteiger partial charge in [0.1, 0.15) is 30.2 Å². The molecule has 0 aliphatic rings. The maximum Gasteiger partial charge on any atom is 0.326 e. The summed E-state index contributed by atoms with van der Waals surface area (Å²) in [5, 5.41) is 24.6. The Morgan fingerprint density at radius 3 is 1.47 bits per heavy atom. The Morgan fingerprint density at radius 1 is 0.545 bits per heavy atom. The first-order valence-electron chi connectivity index (χ1n) is 22.0. The molecule has 0 aliphatic heterocycles. The zero-order valence-corrected chi connectivity index (χ0v) is 36.9. The summed E-state index contributed by atoms with van der Waals surface area (Å²) >= 11 is 0. The smallest absolute Gasteiger partial charge is 0.326 e. The summed E-state index contributed by atoms with van der Waals surface area (Å²) in [6.07, 6.45) is 5.06. The van der Waals surface area contributed by atoms with Gasteiger partial charge in [-0.25, -0.2) is 9.78 Å². The van der Waals surface area contributed by atoms with Crippen LogP contribution < -0.4 is 32.3 Å². The van der Waals surface area contributed by atoms with Gasteiger partial charge in [0.15, 0.2) is 0 Å². The maximum atomic E-state index is 14.8. The van der Waals surface area contributed by atoms with E-state index in [1.807, 2.05) is 105 Å². The van der Waals surface area contributed by atoms with E-state index in [1.165, 1.54) is 6.33 Å². The summed E-state index contributed by atoms with van der Waals surface area (Å²) < 4.78 is 0. The van der Waals surface area contributed by atoms with E-state index < -0.39 is 71.8 Å². The number of aromatic amines is 2. The number of carboxylic acid groups (broad SMARTS) is 1. The van der Waals surface area contributed by atoms with Crippen molar-refractivity contribution >= 4 is 46.4 Å². The number of nitrogens with one attached hydrogen (secondary N) is 7. The number of rotatable bonds is 23. The van der Waals surface area contributed by atoms with Crippen LogP contribution in [-0.4, -0.2) is 91.8 Å². The molecule has 4 aromatic carbocycles. The first-order chi connectivity index (χ1) is 31.8. The molecular weight excluding hydrogens is 839 g/mol. The number of H-pyrrole nitrogens is 2. The number of para-hydroxylation sites is 1. The molecule has 10 N–H and O–H groups in total. The highest BCUT2D eigenvalue weighted by atomic mass is 16.4. The molecule has 0 radical (unpaired) electrons. The first-order valence-corrected chi connectivity index (χ1v) is 22.0. The molecule has 5 amide bonds. The Labute approximate surface area is 382 Å². The van der Waals surface area contributed by atoms with Crippen LogP contribution in [0, 0.1) is 5.92 Å². The van der Waals surface area contributed by atoms with E-state index >= 15 is 0 Å². The van der Waals surface area contributed by atoms with Gasteiger partial charge in [0.2, 0.25) is 29.5 Å². The third kappa shape index (κ3) is 14.0. The van der Waals surface area contributed by atoms with Gasteiger partial charge in [-0.1, -0.05) is 123 Å². The number of carboxylic acids is 1. The van der Waals surface area contributed by atoms with Crippen molar-refractivity contribution < 1.29 is 33.9 Å². The molecule has 6 rings (SSSR count). The van der Waals surface area contributed by atoms with Crippen LogP contribution in [0.25, 0.3) is 10.9 Å². The number of aromatic nitrogens is 3. The highest BCUT2D eigenvalue weighted by molar-refractivity contribution is 5.97. The second-order valence-electron chi connectivity index (χ2n) is 16.8. The fraction of sp³-hybridized carbons (Fsp3) is 0.300. The molecule has 0 bridgehead atoms. The van der Waals surface area contributed by atoms with E-state index in [0.29, 0.717) is 16.8 Å². The van der Waals surface area contributed by atoms with Gasteiger partial charge in [0, 0.05) is 49.0 Å². The molecule has 6 atom stereocenters. The number of benzene rings is 4. The predicted octanol–water partition coefficient (Wildman–Crippen LogP) is 3.29. The monoisotopic (exact) mass is 895 g/mol. The van der Waals surface area contributed by atoms with Gasteiger partial charge in [-0.3, -0.25) is 24.0 Å². The second-order valence-corrected chi connectivity index (χ2v) is 16.8. The van der Waals surface area contributed by atoms with Crippen molar-refractivity contribution in [3.63, 3.8) is 0 Å². The number of carbonyl (C=O) groups excluding carboxylic acids is 5. The topological polar surface area (TPSA) is 253 Å². The van der Waals surface area contributed by atoms with Crippen LogP contribution in [0.5, 0.6) is 0 Å². The van der Waals surface area contributed by atoms with E-state index in [9.17, 15) is 33.9 Å². The molecule has 2 aromatic heterocycles. The molecule has 0 aliphatic carbocycles. The summed E-state index contributed by atoms with van der Waals surface area (Å²) in [5.74, 6) is -4.70. The van der Waals surface area contributed by atoms with E-state index in [2.05, 4.69) is 41.5 Å². The van der Waals surface area contributed by atoms with E-state index in [1.54, 1.807) is 36.7 Å². The van der Waals surface area contributed by atoms with Crippen molar-refractivity contribution in [1.29, 1.82) is 0 Å². The lowest BCUT2D eigenvalue weighted by Crippen LogP contribution is -2.60. The number of imidazole rings is 1. The Kier molecular flexibility index (Phi) is 17.0. The summed E-state index contributed by atoms with van der Waals surface area (Å²) in [6, 6.07) is 27.6. The number of nitrogens with zero attached hydrogens (tertiary/aromatic N) is 1. The van der Waals surface area contributed by atoms with Gasteiger partial charge in [0.25, 0.3) is 0 Å². The van der Waals surface area contributed by atoms with Crippen LogP contribution in [0.2, 0.25) is 0 Å². The lowest BCUT2D eigenvalue weighted by molar-refractivity contribution is -0.142. The van der Waals surface area contributed by atoms with E-state index in [0.717, 1.165) is 22.0 Å². The van der Waals surface area contributed by atoms with Crippen LogP contribution in [-0.2, 0) is 60.9 Å². The summed E-state index contributed by atoms with van der Waals surface area (Å²) in [4.78, 5) is 93.6. The van der Waals surface area contributed by atoms with Gasteiger partial charge in [-0.15, -0.1) is 0 Å². The second kappa shape index (κ2) is 23.4. The van der Waals surface area contributed by atoms with Crippen molar-refractivity contribution in [2.45, 2.75) is 88.6 Å². The lowest BCUT2D eigenvalue weighted by atomic mass is 10.00. The number of fused-ring (bicyclic) bond motifs is 1. The van der Waals surface area contributed by atoms with Crippen LogP contribution in [0.3, 0.4) is 0 Å². The highest BCUT2D eigenvalue weighted by Gasteiger charge is 2.34. The number of carbonyl (C=O) groups is 6. The Hall–Kier alpha value is -7.59. The van der Waals surface area contributed by atoms with Crippen LogP contribution in [0.1, 0.15) is 48.2 Å². The predicted molar refractivity (Wildman–Crippen MR) is 249 cm³/mol. The zero-order valence-electron chi connectivity index (χ0n) is 36.9. The molecule has 0 saturated heterocycles. The number of hydrogen-bond donors (Lipinski definition) is 9. The minimum Gasteiger partial charge on any atom is -0.480 e. The van der Waals surface area contributed by atoms with Crippen molar-refractivity contribution in [3.8, 4) is 0 Å². The van der Waals surface area contributed by atoms with Crippen LogP contribution >= 0.6 is 0 Å². The number of amides is 5. The van der Waals surface area contributed by atoms with Crippen LogP contribution in [0.4, 0.5) is 0 Å². The Balaban J connectivity index is 1.29. The minimum atomic E-state index is -1.29. The number of hydrogen-bond acceptors (Lipinski definition) is 8. The standard InChI is InChI=1S/C50H57N9O7/c1-31(2)22-44(50(65)66)59-49(64)43(27-36-29-52-30-54-36)58-47(62)41(25-34-18-10-5-11-19-34)56-48(63)42(26-35-28-53-39-21-13-12-20-37(35)39)57-46(61)40(24-33-16-8-4-9-17-33)55-45(60)38(51)23-32-14-6-3-7-15-32/h3-21,28-31,38,40-44,53H,22-27,51H2,1-2H3,(H,52,54)(H,55,60)(H,56,63)(H,57,61)(H,58,62)(H,59,64)(H,65,66)/t38-,40-,41-,42-,43-,44-/m0/s1. The highest BCUT2D eigenvalue weighted by Crippen LogP contribution is 2.20. The van der Waals surface area contributed by atoms with E-state index in [-0.39, 0.29) is 44.4 Å². The van der Waals surface area contributed by atoms with Gasteiger partial charge in [-0.2, -0.15) is 0 Å². The lowest BCUT2D eigenvalue weighted by Gasteiger charge is -2.27. The van der Waals surface area contributed by atoms with Gasteiger partial charge in [0.05, 0.1) is 18.1 Å². The van der Waals surface area contributed by atoms with Crippen molar-refractivity contribution in [1.82, 2.24) is 41.5 Å². The first kappa shape index (κ1) is 47.9. The van der Waals surface area contributed by atoms with Crippen LogP contribution in [0.15, 0.2) is 134 Å². The fourth-order valence-electron chi connectivity index (χ4n) is 7.69. The maximum absolute atomic E-state index is 14.8. The van der Waals surface area contributed by atoms with Crippen molar-refractivity contribution in [2.24, 2.45) is 11.7 Å². The van der Waals surface area contributed by atoms with Gasteiger partial charge < -0.3 is 47.4 Å². The molecule has 0 spiro atoms. The molecule has 66 heavy (non-hydrogen) atoms. The molecule has 6 aromatic rings. The molecule has 2 heterocycles. The Bertz CT molecular complexity index is 2530. The molecule has 16 heteroatoms. The summed E-state index contributed by atoms with van der Waals surface area (Å²) in [5.41, 5.74) is 10.6. The average Bonchev–Trinajstić information content (AvgIpc) is 3.98. The van der Waals surface area contributed by atoms with E-state index in [4.69, 9.17) is 5.73 Å². The largest absolute Gasteiger partial charge is 0.480 e. The minimum absolute atomic E-state index is 0.0139. The summed E-state index contributed by atoms with van der Waals surface area (Å²) in [6.45, 7) is 3.66. The summed E-state index contributed by atoms with van der Waals surface area (Å²) in [7, 11) is 0. The number of aliphatic carboxylic acids is 1. The molecule has 0 unspecified atom stereocenters. The molecule has 0 fully saturated rings. The Morgan fingerprint density at radius 2 is 0.985 bits per heavy atom. The molecule has 344 valence electrons.